The van der Waals surface area contributed by atoms with Gasteiger partial charge >= 0.3 is 5.97 Å². The Balaban J connectivity index is 2.64. The van der Waals surface area contributed by atoms with E-state index in [0.717, 1.165) is 5.56 Å². The van der Waals surface area contributed by atoms with E-state index >= 15 is 0 Å². The molecule has 0 aliphatic carbocycles. The fraction of sp³-hybridized carbons (Fsp3) is 0.154. The Hall–Kier alpha value is -1.94. The molecule has 0 unspecified atom stereocenters. The standard InChI is InChI=1S/C13H11ClN2O2/c1-8-7-15-13(14)16-11(8)9-5-3-4-6-10(9)12(17)18-2/h3-7H,1-2H3. The van der Waals surface area contributed by atoms with Crippen LogP contribution in [0, 0.1) is 6.92 Å². The number of nitrogens with zero attached hydrogens (tertiary/aromatic N) is 2. The molecule has 1 aromatic carbocycles. The second-order valence-electron chi connectivity index (χ2n) is 3.71. The second-order valence-corrected chi connectivity index (χ2v) is 4.05. The molecule has 1 heterocycles. The SMILES string of the molecule is COC(=O)c1ccccc1-c1nc(Cl)ncc1C. The second kappa shape index (κ2) is 5.14. The Bertz CT molecular complexity index is 599. The van der Waals surface area contributed by atoms with Gasteiger partial charge in [-0.3, -0.25) is 0 Å². The highest BCUT2D eigenvalue weighted by atomic mass is 35.5. The van der Waals surface area contributed by atoms with Gasteiger partial charge in [-0.25, -0.2) is 14.8 Å². The summed E-state index contributed by atoms with van der Waals surface area (Å²) < 4.78 is 4.75. The van der Waals surface area contributed by atoms with Gasteiger partial charge in [0.05, 0.1) is 18.4 Å². The third-order valence-corrected chi connectivity index (χ3v) is 2.71. The Labute approximate surface area is 110 Å². The van der Waals surface area contributed by atoms with Crippen molar-refractivity contribution in [1.82, 2.24) is 9.97 Å². The summed E-state index contributed by atoms with van der Waals surface area (Å²) in [6.07, 6.45) is 1.62. The number of aromatic nitrogens is 2. The summed E-state index contributed by atoms with van der Waals surface area (Å²) in [6.45, 7) is 1.86. The molecule has 0 N–H and O–H groups in total. The van der Waals surface area contributed by atoms with Crippen molar-refractivity contribution in [1.29, 1.82) is 0 Å². The molecule has 0 atom stereocenters. The molecule has 18 heavy (non-hydrogen) atoms. The molecule has 5 heteroatoms. The van der Waals surface area contributed by atoms with Gasteiger partial charge in [0, 0.05) is 11.8 Å². The van der Waals surface area contributed by atoms with E-state index in [9.17, 15) is 4.79 Å². The third kappa shape index (κ3) is 2.33. The molecule has 4 nitrogen and oxygen atoms in total. The number of rotatable bonds is 2. The van der Waals surface area contributed by atoms with E-state index in [1.54, 1.807) is 24.4 Å². The van der Waals surface area contributed by atoms with Crippen LogP contribution in [-0.2, 0) is 4.74 Å². The van der Waals surface area contributed by atoms with Gasteiger partial charge in [-0.2, -0.15) is 0 Å². The Morgan fingerprint density at radius 2 is 2.06 bits per heavy atom. The summed E-state index contributed by atoms with van der Waals surface area (Å²) >= 11 is 5.79. The number of ether oxygens (including phenoxy) is 1. The van der Waals surface area contributed by atoms with Crippen LogP contribution in [-0.4, -0.2) is 23.0 Å². The summed E-state index contributed by atoms with van der Waals surface area (Å²) in [5.74, 6) is -0.403. The molecule has 1 aromatic heterocycles. The molecular weight excluding hydrogens is 252 g/mol. The lowest BCUT2D eigenvalue weighted by atomic mass is 10.0. The number of carbonyl (C=O) groups excluding carboxylic acids is 1. The number of methoxy groups -OCH3 is 1. The van der Waals surface area contributed by atoms with Crippen molar-refractivity contribution in [2.45, 2.75) is 6.92 Å². The smallest absolute Gasteiger partial charge is 0.338 e. The van der Waals surface area contributed by atoms with Crippen LogP contribution in [0.25, 0.3) is 11.3 Å². The van der Waals surface area contributed by atoms with E-state index in [1.807, 2.05) is 13.0 Å². The number of hydrogen-bond donors (Lipinski definition) is 0. The highest BCUT2D eigenvalue weighted by Gasteiger charge is 2.15. The van der Waals surface area contributed by atoms with Crippen molar-refractivity contribution in [3.8, 4) is 11.3 Å². The fourth-order valence-corrected chi connectivity index (χ4v) is 1.80. The first-order valence-corrected chi connectivity index (χ1v) is 5.68. The van der Waals surface area contributed by atoms with Crippen LogP contribution in [0.2, 0.25) is 5.28 Å². The zero-order valence-corrected chi connectivity index (χ0v) is 10.7. The van der Waals surface area contributed by atoms with Gasteiger partial charge in [-0.1, -0.05) is 18.2 Å². The molecule has 0 radical (unpaired) electrons. The Morgan fingerprint density at radius 1 is 1.33 bits per heavy atom. The Kier molecular flexibility index (Phi) is 3.58. The normalized spacial score (nSPS) is 10.2. The fourth-order valence-electron chi connectivity index (χ4n) is 1.67. The van der Waals surface area contributed by atoms with Crippen molar-refractivity contribution >= 4 is 17.6 Å². The largest absolute Gasteiger partial charge is 0.465 e. The van der Waals surface area contributed by atoms with Crippen molar-refractivity contribution in [3.63, 3.8) is 0 Å². The van der Waals surface area contributed by atoms with E-state index in [0.29, 0.717) is 16.8 Å². The van der Waals surface area contributed by atoms with Gasteiger partial charge in [-0.15, -0.1) is 0 Å². The predicted octanol–water partition coefficient (Wildman–Crippen LogP) is 2.89. The molecule has 2 rings (SSSR count). The maximum atomic E-state index is 11.7. The first kappa shape index (κ1) is 12.5. The van der Waals surface area contributed by atoms with Gasteiger partial charge in [-0.05, 0) is 30.2 Å². The molecule has 0 saturated heterocycles. The van der Waals surface area contributed by atoms with E-state index in [-0.39, 0.29) is 5.28 Å². The lowest BCUT2D eigenvalue weighted by Crippen LogP contribution is -2.04. The zero-order chi connectivity index (χ0) is 13.1. The number of aryl methyl sites for hydroxylation is 1. The van der Waals surface area contributed by atoms with E-state index in [2.05, 4.69) is 9.97 Å². The topological polar surface area (TPSA) is 52.1 Å². The first-order valence-electron chi connectivity index (χ1n) is 5.30. The maximum Gasteiger partial charge on any atom is 0.338 e. The summed E-state index contributed by atoms with van der Waals surface area (Å²) in [6, 6.07) is 7.10. The molecular formula is C13H11ClN2O2. The molecule has 0 bridgehead atoms. The molecule has 0 saturated carbocycles. The molecule has 92 valence electrons. The summed E-state index contributed by atoms with van der Waals surface area (Å²) in [5, 5.41) is 0.148. The van der Waals surface area contributed by atoms with Crippen LogP contribution >= 0.6 is 11.6 Å². The van der Waals surface area contributed by atoms with Gasteiger partial charge in [0.2, 0.25) is 5.28 Å². The number of halogens is 1. The van der Waals surface area contributed by atoms with Crippen molar-refractivity contribution in [2.75, 3.05) is 7.11 Å². The Morgan fingerprint density at radius 3 is 2.78 bits per heavy atom. The number of esters is 1. The third-order valence-electron chi connectivity index (χ3n) is 2.53. The van der Waals surface area contributed by atoms with Crippen LogP contribution in [0.1, 0.15) is 15.9 Å². The lowest BCUT2D eigenvalue weighted by Gasteiger charge is -2.09. The highest BCUT2D eigenvalue weighted by Crippen LogP contribution is 2.25. The number of hydrogen-bond acceptors (Lipinski definition) is 4. The highest BCUT2D eigenvalue weighted by molar-refractivity contribution is 6.28. The molecule has 0 aliphatic rings. The minimum absolute atomic E-state index is 0.148. The van der Waals surface area contributed by atoms with E-state index in [4.69, 9.17) is 16.3 Å². The monoisotopic (exact) mass is 262 g/mol. The van der Waals surface area contributed by atoms with Crippen LogP contribution in [0.5, 0.6) is 0 Å². The average Bonchev–Trinajstić information content (AvgIpc) is 2.40. The molecule has 2 aromatic rings. The first-order chi connectivity index (χ1) is 8.63. The summed E-state index contributed by atoms with van der Waals surface area (Å²) in [5.41, 5.74) is 2.62. The van der Waals surface area contributed by atoms with Crippen molar-refractivity contribution in [3.05, 3.63) is 46.9 Å². The van der Waals surface area contributed by atoms with Crippen LogP contribution in [0.3, 0.4) is 0 Å². The maximum absolute atomic E-state index is 11.7. The van der Waals surface area contributed by atoms with Crippen molar-refractivity contribution in [2.24, 2.45) is 0 Å². The molecule has 0 amide bonds. The summed E-state index contributed by atoms with van der Waals surface area (Å²) in [4.78, 5) is 19.8. The van der Waals surface area contributed by atoms with E-state index in [1.165, 1.54) is 7.11 Å². The minimum Gasteiger partial charge on any atom is -0.465 e. The van der Waals surface area contributed by atoms with Crippen molar-refractivity contribution < 1.29 is 9.53 Å². The van der Waals surface area contributed by atoms with Crippen LogP contribution in [0.15, 0.2) is 30.5 Å². The summed E-state index contributed by atoms with van der Waals surface area (Å²) in [7, 11) is 1.35. The zero-order valence-electron chi connectivity index (χ0n) is 9.98. The van der Waals surface area contributed by atoms with Gasteiger partial charge < -0.3 is 4.74 Å². The van der Waals surface area contributed by atoms with Crippen LogP contribution in [0.4, 0.5) is 0 Å². The average molecular weight is 263 g/mol. The van der Waals surface area contributed by atoms with Crippen LogP contribution < -0.4 is 0 Å². The van der Waals surface area contributed by atoms with Gasteiger partial charge in [0.15, 0.2) is 0 Å². The molecule has 0 fully saturated rings. The quantitative estimate of drug-likeness (QED) is 0.617. The van der Waals surface area contributed by atoms with Gasteiger partial charge in [0.25, 0.3) is 0 Å². The number of carbonyl (C=O) groups is 1. The molecule has 0 spiro atoms. The lowest BCUT2D eigenvalue weighted by molar-refractivity contribution is 0.0601. The minimum atomic E-state index is -0.403. The number of benzene rings is 1. The van der Waals surface area contributed by atoms with Gasteiger partial charge in [0.1, 0.15) is 0 Å². The molecule has 0 aliphatic heterocycles. The van der Waals surface area contributed by atoms with E-state index < -0.39 is 5.97 Å². The predicted molar refractivity (Wildman–Crippen MR) is 68.6 cm³/mol.